The van der Waals surface area contributed by atoms with Gasteiger partial charge in [-0.15, -0.1) is 0 Å². The molecule has 1 saturated heterocycles. The summed E-state index contributed by atoms with van der Waals surface area (Å²) in [5, 5.41) is 10.8. The van der Waals surface area contributed by atoms with Crippen LogP contribution < -0.4 is 0 Å². The smallest absolute Gasteiger partial charge is 0.233 e. The molecule has 6 heteroatoms. The van der Waals surface area contributed by atoms with Crippen molar-refractivity contribution < 1.29 is 24.3 Å². The summed E-state index contributed by atoms with van der Waals surface area (Å²) in [6, 6.07) is 22.7. The third-order valence-electron chi connectivity index (χ3n) is 10.8. The van der Waals surface area contributed by atoms with E-state index >= 15 is 4.79 Å². The Kier molecular flexibility index (Phi) is 6.99. The van der Waals surface area contributed by atoms with Gasteiger partial charge in [-0.1, -0.05) is 91.4 Å². The van der Waals surface area contributed by atoms with Crippen molar-refractivity contribution in [3.05, 3.63) is 118 Å². The van der Waals surface area contributed by atoms with E-state index in [1.54, 1.807) is 0 Å². The van der Waals surface area contributed by atoms with Crippen LogP contribution in [0.5, 0.6) is 5.75 Å². The molecule has 228 valence electrons. The lowest BCUT2D eigenvalue weighted by atomic mass is 9.44. The highest BCUT2D eigenvalue weighted by Crippen LogP contribution is 2.63. The van der Waals surface area contributed by atoms with E-state index in [0.29, 0.717) is 48.1 Å². The maximum atomic E-state index is 15.0. The van der Waals surface area contributed by atoms with Gasteiger partial charge in [0.15, 0.2) is 11.6 Å². The third kappa shape index (κ3) is 4.14. The Morgan fingerprint density at radius 2 is 1.51 bits per heavy atom. The molecule has 1 heterocycles. The molecule has 1 saturated carbocycles. The first kappa shape index (κ1) is 29.1. The minimum Gasteiger partial charge on any atom is -0.507 e. The molecule has 0 unspecified atom stereocenters. The Bertz CT molecular complexity index is 1780. The zero-order chi connectivity index (χ0) is 31.6. The molecule has 7 rings (SSSR count). The van der Waals surface area contributed by atoms with Crippen molar-refractivity contribution in [2.24, 2.45) is 23.7 Å². The van der Waals surface area contributed by atoms with Gasteiger partial charge in [0.1, 0.15) is 5.75 Å². The Hall–Kier alpha value is -4.58. The van der Waals surface area contributed by atoms with Gasteiger partial charge in [-0.25, -0.2) is 0 Å². The number of aromatic hydroxyl groups is 1. The molecule has 6 atom stereocenters. The molecule has 2 amide bonds. The number of fused-ring (bicyclic) bond motifs is 4. The van der Waals surface area contributed by atoms with E-state index in [2.05, 4.69) is 6.08 Å². The standard InChI is InChI=1S/C39H37NO5/c1-4-17-40-37(44)28-16-15-27-30(33(28)38(40)45)20-31-36(43)29(24-11-7-5-8-12-24)21-32(41)39(31,26-13-9-6-10-14-26)34(27)25-18-22(2)35(42)23(3)19-25/h5-15,18-19,21,28,30-31,33-34,42H,4,16-17,20H2,1-3H3/t28-,30+,31-,33-,34-,39-/m0/s1. The van der Waals surface area contributed by atoms with Gasteiger partial charge in [0.05, 0.1) is 17.3 Å². The fourth-order valence-electron chi connectivity index (χ4n) is 8.91. The molecule has 1 aliphatic heterocycles. The van der Waals surface area contributed by atoms with E-state index in [-0.39, 0.29) is 35.0 Å². The first-order valence-corrected chi connectivity index (χ1v) is 16.0. The third-order valence-corrected chi connectivity index (χ3v) is 10.8. The monoisotopic (exact) mass is 599 g/mol. The van der Waals surface area contributed by atoms with Crippen LogP contribution in [0.3, 0.4) is 0 Å². The first-order valence-electron chi connectivity index (χ1n) is 16.0. The van der Waals surface area contributed by atoms with Gasteiger partial charge in [0.2, 0.25) is 11.8 Å². The highest BCUT2D eigenvalue weighted by Gasteiger charge is 2.65. The van der Waals surface area contributed by atoms with Gasteiger partial charge in [0, 0.05) is 24.0 Å². The van der Waals surface area contributed by atoms with E-state index in [1.165, 1.54) is 11.0 Å². The fourth-order valence-corrected chi connectivity index (χ4v) is 8.91. The highest BCUT2D eigenvalue weighted by atomic mass is 16.3. The van der Waals surface area contributed by atoms with Crippen LogP contribution in [0.2, 0.25) is 0 Å². The second kappa shape index (κ2) is 10.8. The average molecular weight is 600 g/mol. The highest BCUT2D eigenvalue weighted by molar-refractivity contribution is 6.31. The predicted octanol–water partition coefficient (Wildman–Crippen LogP) is 6.24. The van der Waals surface area contributed by atoms with Gasteiger partial charge < -0.3 is 5.11 Å². The van der Waals surface area contributed by atoms with Crippen molar-refractivity contribution >= 4 is 29.0 Å². The van der Waals surface area contributed by atoms with Crippen LogP contribution in [-0.2, 0) is 24.6 Å². The molecule has 2 fully saturated rings. The van der Waals surface area contributed by atoms with E-state index < -0.39 is 29.1 Å². The second-order valence-corrected chi connectivity index (χ2v) is 13.1. The summed E-state index contributed by atoms with van der Waals surface area (Å²) in [7, 11) is 0. The van der Waals surface area contributed by atoms with Gasteiger partial charge in [-0.05, 0) is 72.9 Å². The Morgan fingerprint density at radius 3 is 2.16 bits per heavy atom. The summed E-state index contributed by atoms with van der Waals surface area (Å²) in [5.74, 6) is -3.14. The maximum Gasteiger partial charge on any atom is 0.233 e. The van der Waals surface area contributed by atoms with Gasteiger partial charge in [0.25, 0.3) is 0 Å². The van der Waals surface area contributed by atoms with E-state index in [1.807, 2.05) is 93.6 Å². The number of nitrogens with zero attached hydrogens (tertiary/aromatic N) is 1. The quantitative estimate of drug-likeness (QED) is 0.277. The molecule has 45 heavy (non-hydrogen) atoms. The number of phenols is 1. The number of phenolic OH excluding ortho intramolecular Hbond substituents is 1. The molecule has 0 spiro atoms. The number of likely N-dealkylation sites (tertiary alicyclic amines) is 1. The number of rotatable bonds is 5. The molecule has 4 aliphatic rings. The molecular formula is C39H37NO5. The van der Waals surface area contributed by atoms with Crippen molar-refractivity contribution in [3.63, 3.8) is 0 Å². The van der Waals surface area contributed by atoms with Gasteiger partial charge >= 0.3 is 0 Å². The van der Waals surface area contributed by atoms with Gasteiger partial charge in [-0.3, -0.25) is 24.1 Å². The maximum absolute atomic E-state index is 15.0. The van der Waals surface area contributed by atoms with Crippen LogP contribution >= 0.6 is 0 Å². The summed E-state index contributed by atoms with van der Waals surface area (Å²) in [4.78, 5) is 58.9. The second-order valence-electron chi connectivity index (χ2n) is 13.1. The van der Waals surface area contributed by atoms with Crippen LogP contribution in [0, 0.1) is 37.5 Å². The zero-order valence-electron chi connectivity index (χ0n) is 25.8. The number of ketones is 2. The lowest BCUT2D eigenvalue weighted by molar-refractivity contribution is -0.140. The number of hydrogen-bond acceptors (Lipinski definition) is 5. The molecule has 3 aliphatic carbocycles. The Labute approximate surface area is 263 Å². The van der Waals surface area contributed by atoms with Crippen LogP contribution in [0.25, 0.3) is 5.57 Å². The van der Waals surface area contributed by atoms with Crippen LogP contribution in [0.1, 0.15) is 59.9 Å². The van der Waals surface area contributed by atoms with E-state index in [0.717, 1.165) is 16.7 Å². The number of hydrogen-bond donors (Lipinski definition) is 1. The molecule has 0 radical (unpaired) electrons. The number of amides is 2. The molecule has 0 bridgehead atoms. The summed E-state index contributed by atoms with van der Waals surface area (Å²) >= 11 is 0. The fraction of sp³-hybridized carbons (Fsp3) is 0.333. The van der Waals surface area contributed by atoms with E-state index in [4.69, 9.17) is 0 Å². The molecule has 0 aromatic heterocycles. The normalized spacial score (nSPS) is 29.1. The lowest BCUT2D eigenvalue weighted by Crippen LogP contribution is -2.58. The Morgan fingerprint density at radius 1 is 0.867 bits per heavy atom. The Balaban J connectivity index is 1.52. The number of aryl methyl sites for hydroxylation is 2. The number of carbonyl (C=O) groups excluding carboxylic acids is 4. The topological polar surface area (TPSA) is 91.8 Å². The number of allylic oxidation sites excluding steroid dienone is 4. The van der Waals surface area contributed by atoms with Crippen LogP contribution in [0.15, 0.2) is 90.5 Å². The lowest BCUT2D eigenvalue weighted by Gasteiger charge is -2.55. The first-order chi connectivity index (χ1) is 21.7. The molecule has 1 N–H and O–H groups in total. The summed E-state index contributed by atoms with van der Waals surface area (Å²) in [6.45, 7) is 6.01. The molecule has 6 nitrogen and oxygen atoms in total. The summed E-state index contributed by atoms with van der Waals surface area (Å²) < 4.78 is 0. The largest absolute Gasteiger partial charge is 0.507 e. The number of benzene rings is 3. The number of imide groups is 1. The SMILES string of the molecule is CCCN1C(=O)[C@H]2[C@H](CC=C3[C@H]2C[C@H]2C(=O)C(c4ccccc4)=CC(=O)[C@@]2(c2ccccc2)[C@H]3c2cc(C)c(O)c(C)c2)C1=O. The van der Waals surface area contributed by atoms with Crippen LogP contribution in [-0.4, -0.2) is 39.9 Å². The number of Topliss-reactive ketones (excluding diaryl/α,β-unsaturated/α-hetero) is 1. The van der Waals surface area contributed by atoms with Crippen molar-refractivity contribution in [3.8, 4) is 5.75 Å². The van der Waals surface area contributed by atoms with Gasteiger partial charge in [-0.2, -0.15) is 0 Å². The van der Waals surface area contributed by atoms with Crippen molar-refractivity contribution in [1.29, 1.82) is 0 Å². The molecule has 3 aromatic carbocycles. The summed E-state index contributed by atoms with van der Waals surface area (Å²) in [6.07, 6.45) is 5.01. The zero-order valence-corrected chi connectivity index (χ0v) is 25.8. The average Bonchev–Trinajstić information content (AvgIpc) is 3.29. The number of carbonyl (C=O) groups is 4. The van der Waals surface area contributed by atoms with Crippen molar-refractivity contribution in [2.75, 3.05) is 6.54 Å². The minimum absolute atomic E-state index is 0.120. The molecule has 3 aromatic rings. The minimum atomic E-state index is -1.27. The predicted molar refractivity (Wildman–Crippen MR) is 171 cm³/mol. The summed E-state index contributed by atoms with van der Waals surface area (Å²) in [5.41, 5.74) is 3.69. The van der Waals surface area contributed by atoms with E-state index in [9.17, 15) is 19.5 Å². The van der Waals surface area contributed by atoms with Crippen molar-refractivity contribution in [1.82, 2.24) is 4.90 Å². The molecular weight excluding hydrogens is 562 g/mol. The van der Waals surface area contributed by atoms with Crippen molar-refractivity contribution in [2.45, 2.75) is 51.4 Å². The van der Waals surface area contributed by atoms with Crippen LogP contribution in [0.4, 0.5) is 0 Å².